The molecule has 15 atom stereocenters. The van der Waals surface area contributed by atoms with Gasteiger partial charge in [-0.25, -0.2) is 4.39 Å². The molecule has 0 spiro atoms. The Labute approximate surface area is 517 Å². The number of aryl methyl sites for hydroxylation is 2. The fourth-order valence-electron chi connectivity index (χ4n) is 11.5. The molecular formula is C66H76ClFO17S2. The van der Waals surface area contributed by atoms with Crippen LogP contribution in [0.1, 0.15) is 85.7 Å². The smallest absolute Gasteiger partial charge is 0.225 e. The first-order valence-corrected chi connectivity index (χ1v) is 31.0. The number of rotatable bonds is 16. The summed E-state index contributed by atoms with van der Waals surface area (Å²) in [6, 6.07) is 39.3. The number of halogens is 2. The van der Waals surface area contributed by atoms with Crippen molar-refractivity contribution >= 4 is 44.8 Å². The largest absolute Gasteiger partial charge is 0.494 e. The van der Waals surface area contributed by atoms with Crippen LogP contribution in [-0.4, -0.2) is 173 Å². The van der Waals surface area contributed by atoms with E-state index in [0.29, 0.717) is 47.8 Å². The number of thiophene rings is 1. The van der Waals surface area contributed by atoms with Gasteiger partial charge in [-0.05, 0) is 157 Å². The van der Waals surface area contributed by atoms with E-state index in [9.17, 15) is 65.7 Å². The molecule has 0 aliphatic carbocycles. The molecule has 11 rings (SSSR count). The minimum atomic E-state index is -1.71. The molecule has 7 aromatic rings. The Kier molecular flexibility index (Phi) is 21.9. The van der Waals surface area contributed by atoms with Gasteiger partial charge >= 0.3 is 0 Å². The van der Waals surface area contributed by atoms with Gasteiger partial charge in [0.05, 0.1) is 62.3 Å². The highest BCUT2D eigenvalue weighted by molar-refractivity contribution is 8.00. The third-order valence-electron chi connectivity index (χ3n) is 16.5. The van der Waals surface area contributed by atoms with Crippen LogP contribution in [0.3, 0.4) is 0 Å². The van der Waals surface area contributed by atoms with Crippen molar-refractivity contribution in [3.05, 3.63) is 199 Å². The number of hydrogen-bond donors (Lipinski definition) is 12. The van der Waals surface area contributed by atoms with Crippen molar-refractivity contribution in [3.63, 3.8) is 0 Å². The van der Waals surface area contributed by atoms with Gasteiger partial charge in [0.2, 0.25) is 5.79 Å². The minimum absolute atomic E-state index is 0.171. The number of thioether (sulfide) groups is 1. The van der Waals surface area contributed by atoms with E-state index in [1.54, 1.807) is 35.6 Å². The summed E-state index contributed by atoms with van der Waals surface area (Å²) in [5, 5.41) is 122. The highest BCUT2D eigenvalue weighted by Gasteiger charge is 2.67. The molecule has 0 radical (unpaired) electrons. The first kappa shape index (κ1) is 66.3. The summed E-state index contributed by atoms with van der Waals surface area (Å²) in [6.45, 7) is 7.67. The second-order valence-corrected chi connectivity index (χ2v) is 25.3. The summed E-state index contributed by atoms with van der Waals surface area (Å²) in [7, 11) is 0. The Morgan fingerprint density at radius 3 is 1.87 bits per heavy atom. The van der Waals surface area contributed by atoms with Gasteiger partial charge in [-0.15, -0.1) is 23.1 Å². The van der Waals surface area contributed by atoms with Gasteiger partial charge in [0.25, 0.3) is 0 Å². The predicted octanol–water partition coefficient (Wildman–Crippen LogP) is 6.03. The molecule has 21 heteroatoms. The van der Waals surface area contributed by atoms with Crippen molar-refractivity contribution in [2.24, 2.45) is 0 Å². The van der Waals surface area contributed by atoms with Gasteiger partial charge in [0, 0.05) is 26.6 Å². The van der Waals surface area contributed by atoms with Crippen LogP contribution in [0.25, 0.3) is 10.1 Å². The third-order valence-corrected chi connectivity index (χ3v) is 19.6. The Balaban J connectivity index is 0.000000156. The van der Waals surface area contributed by atoms with E-state index in [1.807, 2.05) is 87.5 Å². The van der Waals surface area contributed by atoms with Crippen molar-refractivity contribution in [3.8, 4) is 11.5 Å². The van der Waals surface area contributed by atoms with E-state index in [2.05, 4.69) is 31.2 Å². The number of aliphatic hydroxyl groups is 12. The zero-order valence-electron chi connectivity index (χ0n) is 48.5. The number of hydrogen-bond acceptors (Lipinski definition) is 19. The van der Waals surface area contributed by atoms with Crippen LogP contribution < -0.4 is 9.47 Å². The first-order valence-electron chi connectivity index (χ1n) is 28.9. The standard InChI is InChI=1S/C23H30O5S.C22H25ClO7.C21H21FO5S/c1-4-28-17-7-5-15(6-8-17)10-16-11-18(14(3)9-13(16)2)23-22(27)21(26)20(25)19(12-24)29-23;1-2-28-16-6-3-13(4-7-16)9-14-10-15(5-8-17(14)23)22-20(27)18(25)19(26)21(11-24,30-22)12-29-22;22-15-6-5-12(21-20(26)19(25)18(24)16(10-23)27-21)7-13(15)9-14-8-11-3-1-2-4-17(11)28-14/h5-9,11,19-27H,4,10,12H2,1-3H3;3-8,10,18-20,24-27H,2,9,11-12H2,1H3;1-8,16,18-21,23-26H,9-10H2/t19-,20-,21+,22-,23+;18-,19-,20+,21-,22-;16-,18-,19+,20-,21+/m101/s1. The quantitative estimate of drug-likeness (QED) is 0.0526. The second-order valence-electron chi connectivity index (χ2n) is 22.4. The van der Waals surface area contributed by atoms with E-state index in [0.717, 1.165) is 71.8 Å². The molecule has 2 bridgehead atoms. The van der Waals surface area contributed by atoms with Crippen LogP contribution in [0.5, 0.6) is 11.5 Å². The lowest BCUT2D eigenvalue weighted by Gasteiger charge is -2.46. The SMILES string of the molecule is CCOc1ccc(Cc2cc([C@@H]3S[C@H](CO)[C@@H](O)[C@H](O)[C@H]3O)c(C)cc2C)cc1.CCOc1ccc(Cc2cc([C@]34OC[C@](CO)(O3)[C@@H](O)[C@H](O)[C@H]4O)ccc2Cl)cc1.OC[C@H]1O[C@@H](c2ccc(F)c(Cc3cc4ccccc4s3)c2)[C@H](O)[C@@H](O)[C@@H]1O. The molecule has 12 N–H and O–H groups in total. The molecule has 5 heterocycles. The third kappa shape index (κ3) is 14.2. The van der Waals surface area contributed by atoms with Crippen molar-refractivity contribution in [1.82, 2.24) is 0 Å². The lowest BCUT2D eigenvalue weighted by atomic mass is 9.83. The van der Waals surface area contributed by atoms with Crippen LogP contribution in [0.15, 0.2) is 127 Å². The van der Waals surface area contributed by atoms with Gasteiger partial charge in [-0.3, -0.25) is 0 Å². The molecule has 0 saturated carbocycles. The van der Waals surface area contributed by atoms with Crippen LogP contribution in [0.4, 0.5) is 4.39 Å². The summed E-state index contributed by atoms with van der Waals surface area (Å²) in [6.07, 6.45) is -12.7. The molecule has 0 amide bonds. The van der Waals surface area contributed by atoms with Crippen LogP contribution in [-0.2, 0) is 39.3 Å². The molecule has 1 aromatic heterocycles. The zero-order valence-corrected chi connectivity index (χ0v) is 50.9. The van der Waals surface area contributed by atoms with Crippen molar-refractivity contribution in [2.75, 3.05) is 39.6 Å². The summed E-state index contributed by atoms with van der Waals surface area (Å²) in [4.78, 5) is 1.01. The van der Waals surface area contributed by atoms with E-state index in [1.165, 1.54) is 23.9 Å². The first-order chi connectivity index (χ1) is 41.7. The predicted molar refractivity (Wildman–Crippen MR) is 328 cm³/mol. The number of ether oxygens (including phenoxy) is 5. The highest BCUT2D eigenvalue weighted by Crippen LogP contribution is 2.50. The number of aliphatic hydroxyl groups excluding tert-OH is 12. The normalized spacial score (nSPS) is 29.4. The van der Waals surface area contributed by atoms with E-state index < -0.39 is 102 Å². The zero-order chi connectivity index (χ0) is 62.5. The van der Waals surface area contributed by atoms with E-state index in [4.69, 9.17) is 35.3 Å². The molecule has 4 aliphatic heterocycles. The fraction of sp³-hybridized carbons (Fsp3) is 0.424. The molecule has 87 heavy (non-hydrogen) atoms. The Hall–Kier alpha value is -5.15. The monoisotopic (exact) mass is 1260 g/mol. The van der Waals surface area contributed by atoms with Crippen LogP contribution in [0, 0.1) is 19.7 Å². The van der Waals surface area contributed by atoms with Crippen molar-refractivity contribution in [2.45, 2.75) is 136 Å². The van der Waals surface area contributed by atoms with Gasteiger partial charge in [0.1, 0.15) is 77.9 Å². The van der Waals surface area contributed by atoms with Crippen molar-refractivity contribution in [1.29, 1.82) is 0 Å². The number of benzene rings is 6. The molecular weight excluding hydrogens is 1180 g/mol. The maximum atomic E-state index is 14.4. The Bertz CT molecular complexity index is 3370. The van der Waals surface area contributed by atoms with Crippen LogP contribution >= 0.6 is 34.7 Å². The molecule has 468 valence electrons. The number of fused-ring (bicyclic) bond motifs is 3. The van der Waals surface area contributed by atoms with Gasteiger partial charge in [-0.2, -0.15) is 0 Å². The molecule has 4 fully saturated rings. The van der Waals surface area contributed by atoms with E-state index in [-0.39, 0.29) is 19.0 Å². The average molecular weight is 1260 g/mol. The van der Waals surface area contributed by atoms with Crippen molar-refractivity contribution < 1.29 is 89.4 Å². The minimum Gasteiger partial charge on any atom is -0.494 e. The Morgan fingerprint density at radius 2 is 1.25 bits per heavy atom. The maximum Gasteiger partial charge on any atom is 0.225 e. The summed E-state index contributed by atoms with van der Waals surface area (Å²) in [5.74, 6) is -0.446. The van der Waals surface area contributed by atoms with Gasteiger partial charge < -0.3 is 85.0 Å². The van der Waals surface area contributed by atoms with Gasteiger partial charge in [-0.1, -0.05) is 78.3 Å². The lowest BCUT2D eigenvalue weighted by molar-refractivity contribution is -0.329. The van der Waals surface area contributed by atoms with Crippen LogP contribution in [0.2, 0.25) is 5.02 Å². The topological polar surface area (TPSA) is 289 Å². The summed E-state index contributed by atoms with van der Waals surface area (Å²) in [5.41, 5.74) is 7.06. The lowest BCUT2D eigenvalue weighted by Crippen LogP contribution is -2.65. The average Bonchev–Trinajstić information content (AvgIpc) is 1.60. The fourth-order valence-corrected chi connectivity index (χ4v) is 14.3. The molecule has 6 aromatic carbocycles. The highest BCUT2D eigenvalue weighted by atomic mass is 35.5. The second kappa shape index (κ2) is 28.8. The molecule has 4 saturated heterocycles. The summed E-state index contributed by atoms with van der Waals surface area (Å²) < 4.78 is 43.8. The van der Waals surface area contributed by atoms with E-state index >= 15 is 0 Å². The summed E-state index contributed by atoms with van der Waals surface area (Å²) >= 11 is 9.32. The Morgan fingerprint density at radius 1 is 0.609 bits per heavy atom. The van der Waals surface area contributed by atoms with Gasteiger partial charge in [0.15, 0.2) is 0 Å². The molecule has 0 unspecified atom stereocenters. The molecule has 4 aliphatic rings. The maximum absolute atomic E-state index is 14.4. The molecule has 17 nitrogen and oxygen atoms in total.